The van der Waals surface area contributed by atoms with Crippen molar-refractivity contribution in [3.8, 4) is 0 Å². The number of carbonyl (C=O) groups is 1. The Morgan fingerprint density at radius 1 is 1.54 bits per heavy atom. The lowest BCUT2D eigenvalue weighted by molar-refractivity contribution is -0.137. The second-order valence-corrected chi connectivity index (χ2v) is 3.47. The molecular formula is C9H19NO3. The van der Waals surface area contributed by atoms with Gasteiger partial charge in [-0.05, 0) is 12.8 Å². The number of carboxylic acids is 1. The second-order valence-electron chi connectivity index (χ2n) is 3.47. The number of aliphatic carboxylic acids is 1. The molecule has 0 saturated carbocycles. The third-order valence-corrected chi connectivity index (χ3v) is 1.75. The zero-order chi connectivity index (χ0) is 10.3. The van der Waals surface area contributed by atoms with Crippen molar-refractivity contribution in [1.29, 1.82) is 0 Å². The zero-order valence-corrected chi connectivity index (χ0v) is 8.54. The smallest absolute Gasteiger partial charge is 0.304 e. The molecule has 13 heavy (non-hydrogen) atoms. The minimum atomic E-state index is -0.764. The van der Waals surface area contributed by atoms with Crippen LogP contribution in [0, 0.1) is 5.92 Å². The van der Waals surface area contributed by atoms with Crippen molar-refractivity contribution in [2.75, 3.05) is 20.3 Å². The van der Waals surface area contributed by atoms with Gasteiger partial charge in [-0.25, -0.2) is 0 Å². The van der Waals surface area contributed by atoms with Crippen LogP contribution >= 0.6 is 0 Å². The Bertz CT molecular complexity index is 150. The van der Waals surface area contributed by atoms with Crippen LogP contribution in [-0.4, -0.2) is 37.4 Å². The summed E-state index contributed by atoms with van der Waals surface area (Å²) < 4.78 is 4.96. The first-order chi connectivity index (χ1) is 6.06. The summed E-state index contributed by atoms with van der Waals surface area (Å²) in [5.41, 5.74) is 0. The first-order valence-corrected chi connectivity index (χ1v) is 4.50. The molecule has 2 atom stereocenters. The summed E-state index contributed by atoms with van der Waals surface area (Å²) >= 11 is 0. The summed E-state index contributed by atoms with van der Waals surface area (Å²) in [5, 5.41) is 11.6. The van der Waals surface area contributed by atoms with Crippen LogP contribution in [0.1, 0.15) is 20.3 Å². The van der Waals surface area contributed by atoms with Crippen molar-refractivity contribution >= 4 is 5.97 Å². The van der Waals surface area contributed by atoms with E-state index in [0.717, 1.165) is 6.54 Å². The Morgan fingerprint density at radius 2 is 2.15 bits per heavy atom. The Balaban J connectivity index is 3.45. The molecule has 0 amide bonds. The molecule has 0 aliphatic heterocycles. The third-order valence-electron chi connectivity index (χ3n) is 1.75. The van der Waals surface area contributed by atoms with Gasteiger partial charge in [0.25, 0.3) is 0 Å². The Hall–Kier alpha value is -0.610. The lowest BCUT2D eigenvalue weighted by atomic mass is 10.1. The molecule has 4 heteroatoms. The molecule has 4 nitrogen and oxygen atoms in total. The first-order valence-electron chi connectivity index (χ1n) is 4.50. The summed E-state index contributed by atoms with van der Waals surface area (Å²) in [5.74, 6) is -0.347. The monoisotopic (exact) mass is 189 g/mol. The van der Waals surface area contributed by atoms with Gasteiger partial charge in [-0.2, -0.15) is 0 Å². The van der Waals surface area contributed by atoms with Gasteiger partial charge in [-0.1, -0.05) is 6.92 Å². The van der Waals surface area contributed by atoms with Crippen molar-refractivity contribution in [3.63, 3.8) is 0 Å². The molecule has 0 saturated heterocycles. The highest BCUT2D eigenvalue weighted by Gasteiger charge is 2.08. The first kappa shape index (κ1) is 12.4. The Kier molecular flexibility index (Phi) is 6.54. The fourth-order valence-corrected chi connectivity index (χ4v) is 1.08. The van der Waals surface area contributed by atoms with E-state index in [1.807, 2.05) is 6.92 Å². The van der Waals surface area contributed by atoms with E-state index in [9.17, 15) is 4.79 Å². The number of methoxy groups -OCH3 is 1. The van der Waals surface area contributed by atoms with Crippen molar-refractivity contribution in [2.45, 2.75) is 26.3 Å². The molecule has 2 N–H and O–H groups in total. The van der Waals surface area contributed by atoms with Crippen LogP contribution in [0.15, 0.2) is 0 Å². The van der Waals surface area contributed by atoms with Gasteiger partial charge in [0, 0.05) is 26.3 Å². The number of hydrogen-bond donors (Lipinski definition) is 2. The highest BCUT2D eigenvalue weighted by Crippen LogP contribution is 1.95. The number of hydrogen-bond acceptors (Lipinski definition) is 3. The quantitative estimate of drug-likeness (QED) is 0.619. The maximum Gasteiger partial charge on any atom is 0.304 e. The SMILES string of the molecule is COCC(C)CNC(C)CC(=O)O. The fraction of sp³-hybridized carbons (Fsp3) is 0.889. The van der Waals surface area contributed by atoms with E-state index < -0.39 is 5.97 Å². The van der Waals surface area contributed by atoms with Crippen molar-refractivity contribution in [2.24, 2.45) is 5.92 Å². The van der Waals surface area contributed by atoms with Gasteiger partial charge in [0.1, 0.15) is 0 Å². The van der Waals surface area contributed by atoms with E-state index in [4.69, 9.17) is 9.84 Å². The lowest BCUT2D eigenvalue weighted by Crippen LogP contribution is -2.33. The predicted octanol–water partition coefficient (Wildman–Crippen LogP) is 0.722. The van der Waals surface area contributed by atoms with E-state index in [2.05, 4.69) is 12.2 Å². The molecule has 2 unspecified atom stereocenters. The summed E-state index contributed by atoms with van der Waals surface area (Å²) in [6, 6.07) is 0.0248. The molecule has 0 bridgehead atoms. The van der Waals surface area contributed by atoms with Crippen molar-refractivity contribution in [3.05, 3.63) is 0 Å². The third kappa shape index (κ3) is 7.74. The molecular weight excluding hydrogens is 170 g/mol. The van der Waals surface area contributed by atoms with E-state index in [1.165, 1.54) is 0 Å². The van der Waals surface area contributed by atoms with Crippen LogP contribution in [0.2, 0.25) is 0 Å². The average molecular weight is 189 g/mol. The van der Waals surface area contributed by atoms with E-state index >= 15 is 0 Å². The van der Waals surface area contributed by atoms with Gasteiger partial charge in [-0.3, -0.25) is 4.79 Å². The van der Waals surface area contributed by atoms with E-state index in [0.29, 0.717) is 12.5 Å². The number of ether oxygens (including phenoxy) is 1. The molecule has 0 spiro atoms. The van der Waals surface area contributed by atoms with Gasteiger partial charge >= 0.3 is 5.97 Å². The molecule has 0 radical (unpaired) electrons. The fourth-order valence-electron chi connectivity index (χ4n) is 1.08. The number of nitrogens with one attached hydrogen (secondary N) is 1. The van der Waals surface area contributed by atoms with Crippen LogP contribution < -0.4 is 5.32 Å². The topological polar surface area (TPSA) is 58.6 Å². The van der Waals surface area contributed by atoms with Crippen molar-refractivity contribution < 1.29 is 14.6 Å². The Morgan fingerprint density at radius 3 is 2.62 bits per heavy atom. The van der Waals surface area contributed by atoms with Crippen LogP contribution in [-0.2, 0) is 9.53 Å². The Labute approximate surface area is 79.3 Å². The standard InChI is InChI=1S/C9H19NO3/c1-7(6-13-3)5-10-8(2)4-9(11)12/h7-8,10H,4-6H2,1-3H3,(H,11,12). The van der Waals surface area contributed by atoms with Crippen molar-refractivity contribution in [1.82, 2.24) is 5.32 Å². The molecule has 78 valence electrons. The van der Waals surface area contributed by atoms with Gasteiger partial charge < -0.3 is 15.2 Å². The lowest BCUT2D eigenvalue weighted by Gasteiger charge is -2.15. The van der Waals surface area contributed by atoms with E-state index in [-0.39, 0.29) is 12.5 Å². The van der Waals surface area contributed by atoms with Gasteiger partial charge in [0.05, 0.1) is 6.42 Å². The maximum atomic E-state index is 10.3. The van der Waals surface area contributed by atoms with Crippen LogP contribution in [0.25, 0.3) is 0 Å². The van der Waals surface area contributed by atoms with Crippen LogP contribution in [0.3, 0.4) is 0 Å². The molecule has 0 aliphatic carbocycles. The van der Waals surface area contributed by atoms with Gasteiger partial charge in [0.2, 0.25) is 0 Å². The summed E-state index contributed by atoms with van der Waals surface area (Å²) in [6.45, 7) is 5.42. The van der Waals surface area contributed by atoms with Crippen LogP contribution in [0.5, 0.6) is 0 Å². The summed E-state index contributed by atoms with van der Waals surface area (Å²) in [7, 11) is 1.66. The molecule has 0 heterocycles. The molecule has 0 aromatic rings. The second kappa shape index (κ2) is 6.86. The normalized spacial score (nSPS) is 15.3. The van der Waals surface area contributed by atoms with E-state index in [1.54, 1.807) is 7.11 Å². The van der Waals surface area contributed by atoms with Gasteiger partial charge in [-0.15, -0.1) is 0 Å². The molecule has 0 aliphatic rings. The minimum absolute atomic E-state index is 0.0248. The largest absolute Gasteiger partial charge is 0.481 e. The highest BCUT2D eigenvalue weighted by molar-refractivity contribution is 5.67. The maximum absolute atomic E-state index is 10.3. The molecule has 0 aromatic heterocycles. The zero-order valence-electron chi connectivity index (χ0n) is 8.54. The highest BCUT2D eigenvalue weighted by atomic mass is 16.5. The minimum Gasteiger partial charge on any atom is -0.481 e. The van der Waals surface area contributed by atoms with Gasteiger partial charge in [0.15, 0.2) is 0 Å². The average Bonchev–Trinajstić information content (AvgIpc) is 2.00. The summed E-state index contributed by atoms with van der Waals surface area (Å²) in [4.78, 5) is 10.3. The number of rotatable bonds is 7. The molecule has 0 rings (SSSR count). The van der Waals surface area contributed by atoms with Crippen LogP contribution in [0.4, 0.5) is 0 Å². The number of carboxylic acid groups (broad SMARTS) is 1. The molecule has 0 fully saturated rings. The summed E-state index contributed by atoms with van der Waals surface area (Å²) in [6.07, 6.45) is 0.166. The molecule has 0 aromatic carbocycles. The predicted molar refractivity (Wildman–Crippen MR) is 50.8 cm³/mol.